The van der Waals surface area contributed by atoms with Crippen LogP contribution in [0.3, 0.4) is 0 Å². The summed E-state index contributed by atoms with van der Waals surface area (Å²) in [6.45, 7) is 5.28. The maximum Gasteiger partial charge on any atom is 0.275 e. The minimum absolute atomic E-state index is 0.0475. The quantitative estimate of drug-likeness (QED) is 0.820. The van der Waals surface area contributed by atoms with Gasteiger partial charge in [-0.05, 0) is 30.2 Å². The van der Waals surface area contributed by atoms with Gasteiger partial charge in [-0.15, -0.1) is 0 Å². The van der Waals surface area contributed by atoms with Crippen molar-refractivity contribution in [2.45, 2.75) is 19.9 Å². The van der Waals surface area contributed by atoms with Crippen molar-refractivity contribution in [1.82, 2.24) is 14.8 Å². The summed E-state index contributed by atoms with van der Waals surface area (Å²) in [5, 5.41) is 0. The number of hydrogen-bond donors (Lipinski definition) is 0. The molecular weight excluding hydrogens is 345 g/mol. The molecule has 0 aliphatic carbocycles. The third-order valence-electron chi connectivity index (χ3n) is 5.82. The van der Waals surface area contributed by atoms with E-state index >= 15 is 0 Å². The van der Waals surface area contributed by atoms with E-state index in [0.29, 0.717) is 19.6 Å². The fourth-order valence-electron chi connectivity index (χ4n) is 4.54. The van der Waals surface area contributed by atoms with Crippen LogP contribution in [0.5, 0.6) is 0 Å². The lowest BCUT2D eigenvalue weighted by Gasteiger charge is -2.30. The number of likely N-dealkylation sites (tertiary alicyclic amines) is 2. The number of pyridine rings is 1. The lowest BCUT2D eigenvalue weighted by molar-refractivity contribution is -0.130. The number of hydrogen-bond acceptors (Lipinski definition) is 3. The Bertz CT molecular complexity index is 901. The first-order valence-electron chi connectivity index (χ1n) is 9.20. The Hall–Kier alpha value is -2.76. The molecule has 140 valence electrons. The third kappa shape index (κ3) is 2.99. The highest BCUT2D eigenvalue weighted by atomic mass is 19.1. The van der Waals surface area contributed by atoms with Crippen molar-refractivity contribution in [3.05, 3.63) is 65.2 Å². The van der Waals surface area contributed by atoms with Gasteiger partial charge in [-0.2, -0.15) is 0 Å². The zero-order valence-corrected chi connectivity index (χ0v) is 15.4. The molecular formula is C21H22FN3O2. The Labute approximate surface area is 157 Å². The average molecular weight is 367 g/mol. The molecule has 3 atom stereocenters. The molecule has 0 unspecified atom stereocenters. The number of aromatic nitrogens is 1. The number of fused-ring (bicyclic) bond motifs is 1. The second kappa shape index (κ2) is 6.76. The largest absolute Gasteiger partial charge is 0.336 e. The summed E-state index contributed by atoms with van der Waals surface area (Å²) in [6.07, 6.45) is 1.43. The first kappa shape index (κ1) is 17.6. The van der Waals surface area contributed by atoms with E-state index in [1.54, 1.807) is 11.8 Å². The summed E-state index contributed by atoms with van der Waals surface area (Å²) in [7, 11) is 0. The fourth-order valence-corrected chi connectivity index (χ4v) is 4.54. The highest BCUT2D eigenvalue weighted by molar-refractivity contribution is 5.92. The molecule has 2 saturated heterocycles. The van der Waals surface area contributed by atoms with Gasteiger partial charge in [0.05, 0.1) is 6.04 Å². The molecule has 0 radical (unpaired) electrons. The van der Waals surface area contributed by atoms with E-state index in [1.807, 2.05) is 30.0 Å². The van der Waals surface area contributed by atoms with Crippen LogP contribution >= 0.6 is 0 Å². The third-order valence-corrected chi connectivity index (χ3v) is 5.82. The second-order valence-electron chi connectivity index (χ2n) is 7.44. The van der Waals surface area contributed by atoms with E-state index in [2.05, 4.69) is 11.1 Å². The van der Waals surface area contributed by atoms with Crippen molar-refractivity contribution in [1.29, 1.82) is 0 Å². The van der Waals surface area contributed by atoms with Gasteiger partial charge in [-0.3, -0.25) is 9.59 Å². The molecule has 6 heteroatoms. The number of amides is 2. The predicted octanol–water partition coefficient (Wildman–Crippen LogP) is 2.82. The van der Waals surface area contributed by atoms with Crippen LogP contribution in [0.2, 0.25) is 0 Å². The number of halogens is 1. The first-order chi connectivity index (χ1) is 13.0. The minimum atomic E-state index is -0.597. The van der Waals surface area contributed by atoms with E-state index in [9.17, 15) is 14.0 Å². The summed E-state index contributed by atoms with van der Waals surface area (Å²) in [5.74, 6) is -0.591. The summed E-state index contributed by atoms with van der Waals surface area (Å²) in [6, 6.07) is 10.7. The number of carbonyl (C=O) groups is 2. The lowest BCUT2D eigenvalue weighted by Crippen LogP contribution is -2.37. The van der Waals surface area contributed by atoms with Gasteiger partial charge in [-0.1, -0.05) is 24.3 Å². The first-order valence-corrected chi connectivity index (χ1v) is 9.20. The van der Waals surface area contributed by atoms with Gasteiger partial charge in [0.2, 0.25) is 5.91 Å². The van der Waals surface area contributed by atoms with Crippen molar-refractivity contribution in [2.24, 2.45) is 11.8 Å². The molecule has 2 amide bonds. The van der Waals surface area contributed by atoms with E-state index in [0.717, 1.165) is 11.1 Å². The highest BCUT2D eigenvalue weighted by Crippen LogP contribution is 2.46. The van der Waals surface area contributed by atoms with Gasteiger partial charge >= 0.3 is 0 Å². The molecule has 2 aromatic rings. The Kier molecular flexibility index (Phi) is 4.42. The van der Waals surface area contributed by atoms with Crippen LogP contribution in [-0.2, 0) is 4.79 Å². The SMILES string of the molecule is CC(=O)N1C[C@H]2CN(C(=O)c3ncccc3F)C[C@H]2[C@H]1c1ccccc1C. The smallest absolute Gasteiger partial charge is 0.275 e. The van der Waals surface area contributed by atoms with Gasteiger partial charge in [-0.25, -0.2) is 9.37 Å². The van der Waals surface area contributed by atoms with Gasteiger partial charge in [0, 0.05) is 44.6 Å². The number of carbonyl (C=O) groups excluding carboxylic acids is 2. The predicted molar refractivity (Wildman–Crippen MR) is 98.4 cm³/mol. The van der Waals surface area contributed by atoms with Crippen LogP contribution in [-0.4, -0.2) is 46.2 Å². The monoisotopic (exact) mass is 367 g/mol. The molecule has 2 fully saturated rings. The molecule has 0 N–H and O–H groups in total. The molecule has 1 aromatic carbocycles. The van der Waals surface area contributed by atoms with Gasteiger partial charge in [0.25, 0.3) is 5.91 Å². The van der Waals surface area contributed by atoms with E-state index in [-0.39, 0.29) is 35.4 Å². The lowest BCUT2D eigenvalue weighted by atomic mass is 9.87. The van der Waals surface area contributed by atoms with Crippen molar-refractivity contribution >= 4 is 11.8 Å². The van der Waals surface area contributed by atoms with Gasteiger partial charge in [0.15, 0.2) is 11.5 Å². The van der Waals surface area contributed by atoms with E-state index in [1.165, 1.54) is 18.3 Å². The zero-order chi connectivity index (χ0) is 19.1. The normalized spacial score (nSPS) is 24.2. The molecule has 4 rings (SSSR count). The standard InChI is InChI=1S/C21H22FN3O2/c1-13-6-3-4-7-16(13)20-17-12-24(10-15(17)11-25(20)14(2)26)21(27)19-18(22)8-5-9-23-19/h3-9,15,17,20H,10-12H2,1-2H3/t15-,17-,20-/m1/s1. The number of aryl methyl sites for hydroxylation is 1. The van der Waals surface area contributed by atoms with E-state index in [4.69, 9.17) is 0 Å². The molecule has 0 saturated carbocycles. The molecule has 2 aliphatic rings. The fraction of sp³-hybridized carbons (Fsp3) is 0.381. The summed E-state index contributed by atoms with van der Waals surface area (Å²) >= 11 is 0. The van der Waals surface area contributed by atoms with Crippen molar-refractivity contribution in [3.8, 4) is 0 Å². The van der Waals surface area contributed by atoms with E-state index < -0.39 is 5.82 Å². The maximum absolute atomic E-state index is 14.0. The number of nitrogens with zero attached hydrogens (tertiary/aromatic N) is 3. The Morgan fingerprint density at radius 2 is 1.89 bits per heavy atom. The molecule has 0 spiro atoms. The Morgan fingerprint density at radius 3 is 2.59 bits per heavy atom. The van der Waals surface area contributed by atoms with Crippen molar-refractivity contribution < 1.29 is 14.0 Å². The molecule has 27 heavy (non-hydrogen) atoms. The van der Waals surface area contributed by atoms with Gasteiger partial charge < -0.3 is 9.80 Å². The highest BCUT2D eigenvalue weighted by Gasteiger charge is 2.50. The molecule has 2 aliphatic heterocycles. The van der Waals surface area contributed by atoms with Crippen molar-refractivity contribution in [3.63, 3.8) is 0 Å². The Balaban J connectivity index is 1.63. The van der Waals surface area contributed by atoms with Crippen LogP contribution in [0.1, 0.15) is 34.6 Å². The summed E-state index contributed by atoms with van der Waals surface area (Å²) in [5.41, 5.74) is 2.13. The Morgan fingerprint density at radius 1 is 1.11 bits per heavy atom. The second-order valence-corrected chi connectivity index (χ2v) is 7.44. The van der Waals surface area contributed by atoms with Crippen LogP contribution in [0.4, 0.5) is 4.39 Å². The minimum Gasteiger partial charge on any atom is -0.336 e. The summed E-state index contributed by atoms with van der Waals surface area (Å²) < 4.78 is 14.0. The molecule has 3 heterocycles. The maximum atomic E-state index is 14.0. The number of benzene rings is 1. The molecule has 5 nitrogen and oxygen atoms in total. The van der Waals surface area contributed by atoms with Crippen LogP contribution in [0.25, 0.3) is 0 Å². The van der Waals surface area contributed by atoms with Crippen LogP contribution in [0.15, 0.2) is 42.6 Å². The van der Waals surface area contributed by atoms with Gasteiger partial charge in [0.1, 0.15) is 0 Å². The topological polar surface area (TPSA) is 53.5 Å². The van der Waals surface area contributed by atoms with Crippen LogP contribution in [0, 0.1) is 24.6 Å². The summed E-state index contributed by atoms with van der Waals surface area (Å²) in [4.78, 5) is 32.5. The van der Waals surface area contributed by atoms with Crippen LogP contribution < -0.4 is 0 Å². The average Bonchev–Trinajstić information content (AvgIpc) is 3.20. The van der Waals surface area contributed by atoms with Crippen molar-refractivity contribution in [2.75, 3.05) is 19.6 Å². The molecule has 0 bridgehead atoms. The number of rotatable bonds is 2. The zero-order valence-electron chi connectivity index (χ0n) is 15.4. The molecule has 1 aromatic heterocycles.